The molecule has 0 aromatic carbocycles. The standard InChI is InChI=1S/C72H129NO3/c1-3-5-7-9-11-13-15-17-19-21-23-25-27-29-30-31-32-33-34-35-36-37-38-39-40-41-42-44-46-48-50-52-54-56-58-60-62-64-66-68-72(76)73-70(69-74)71(75)67-65-63-61-59-57-55-53-51-49-47-45-43-28-26-24-22-20-18-16-14-12-10-8-6-4-2/h5,7,11,13,17,19,23,25,29-30,32-33,35-36,38-39,70-71,74-75H,3-4,6,8-10,12,14-16,18,20-22,24,26-28,31,34,37,40-69H2,1-2H3,(H,73,76)/b7-5-,13-11-,19-17-,25-23-,30-29-,33-32-,36-35-,39-38-. The third kappa shape index (κ3) is 62.2. The van der Waals surface area contributed by atoms with Crippen LogP contribution in [0.2, 0.25) is 0 Å². The van der Waals surface area contributed by atoms with Crippen molar-refractivity contribution in [2.75, 3.05) is 6.61 Å². The Morgan fingerprint density at radius 2 is 0.579 bits per heavy atom. The first-order valence-electron chi connectivity index (χ1n) is 33.4. The van der Waals surface area contributed by atoms with Crippen LogP contribution in [0.25, 0.3) is 0 Å². The van der Waals surface area contributed by atoms with E-state index >= 15 is 0 Å². The van der Waals surface area contributed by atoms with Crippen molar-refractivity contribution >= 4 is 5.91 Å². The minimum absolute atomic E-state index is 0.0305. The monoisotopic (exact) mass is 1060 g/mol. The summed E-state index contributed by atoms with van der Waals surface area (Å²) >= 11 is 0. The van der Waals surface area contributed by atoms with Gasteiger partial charge in [-0.2, -0.15) is 0 Å². The van der Waals surface area contributed by atoms with E-state index in [0.29, 0.717) is 12.8 Å². The largest absolute Gasteiger partial charge is 0.394 e. The Kier molecular flexibility index (Phi) is 64.2. The highest BCUT2D eigenvalue weighted by Gasteiger charge is 2.20. The van der Waals surface area contributed by atoms with E-state index in [2.05, 4.69) is 116 Å². The van der Waals surface area contributed by atoms with Gasteiger partial charge in [0.25, 0.3) is 0 Å². The molecule has 4 heteroatoms. The molecule has 0 rings (SSSR count). The zero-order valence-corrected chi connectivity index (χ0v) is 50.8. The Morgan fingerprint density at radius 3 is 0.868 bits per heavy atom. The Morgan fingerprint density at radius 1 is 0.329 bits per heavy atom. The quantitative estimate of drug-likeness (QED) is 0.0420. The van der Waals surface area contributed by atoms with Crippen LogP contribution in [0.1, 0.15) is 335 Å². The molecule has 0 aromatic heterocycles. The lowest BCUT2D eigenvalue weighted by Crippen LogP contribution is -2.45. The molecule has 440 valence electrons. The summed E-state index contributed by atoms with van der Waals surface area (Å²) in [4.78, 5) is 12.6. The predicted octanol–water partition coefficient (Wildman–Crippen LogP) is 22.8. The molecule has 0 aliphatic carbocycles. The molecule has 4 nitrogen and oxygen atoms in total. The summed E-state index contributed by atoms with van der Waals surface area (Å²) < 4.78 is 0. The molecule has 0 aliphatic rings. The average molecular weight is 1060 g/mol. The van der Waals surface area contributed by atoms with Gasteiger partial charge in [-0.05, 0) is 77.0 Å². The molecule has 76 heavy (non-hydrogen) atoms. The van der Waals surface area contributed by atoms with Crippen LogP contribution in [0.15, 0.2) is 97.2 Å². The molecule has 0 heterocycles. The van der Waals surface area contributed by atoms with Gasteiger partial charge >= 0.3 is 0 Å². The fourth-order valence-electron chi connectivity index (χ4n) is 10.1. The number of hydrogen-bond acceptors (Lipinski definition) is 3. The zero-order valence-electron chi connectivity index (χ0n) is 50.8. The molecule has 0 radical (unpaired) electrons. The summed E-state index contributed by atoms with van der Waals surface area (Å²) in [5.41, 5.74) is 0. The van der Waals surface area contributed by atoms with Crippen molar-refractivity contribution in [3.8, 4) is 0 Å². The molecule has 0 aliphatic heterocycles. The molecule has 0 saturated heterocycles. The van der Waals surface area contributed by atoms with Gasteiger partial charge in [0.05, 0.1) is 18.8 Å². The number of carbonyl (C=O) groups is 1. The van der Waals surface area contributed by atoms with Crippen LogP contribution in [-0.4, -0.2) is 34.9 Å². The van der Waals surface area contributed by atoms with Crippen molar-refractivity contribution in [3.05, 3.63) is 97.2 Å². The van der Waals surface area contributed by atoms with Crippen molar-refractivity contribution in [2.45, 2.75) is 347 Å². The Balaban J connectivity index is 3.48. The summed E-state index contributed by atoms with van der Waals surface area (Å²) in [6.07, 6.45) is 98.6. The molecule has 3 N–H and O–H groups in total. The minimum atomic E-state index is -0.665. The normalized spacial score (nSPS) is 13.4. The van der Waals surface area contributed by atoms with Gasteiger partial charge in [0.1, 0.15) is 0 Å². The smallest absolute Gasteiger partial charge is 0.220 e. The summed E-state index contributed by atoms with van der Waals surface area (Å²) in [5, 5.41) is 23.4. The topological polar surface area (TPSA) is 69.6 Å². The average Bonchev–Trinajstić information content (AvgIpc) is 3.42. The Labute approximate surface area is 474 Å². The van der Waals surface area contributed by atoms with Crippen molar-refractivity contribution in [1.29, 1.82) is 0 Å². The highest BCUT2D eigenvalue weighted by Crippen LogP contribution is 2.18. The van der Waals surface area contributed by atoms with Crippen LogP contribution in [0.3, 0.4) is 0 Å². The van der Waals surface area contributed by atoms with Gasteiger partial charge in [-0.3, -0.25) is 4.79 Å². The first-order chi connectivity index (χ1) is 37.7. The van der Waals surface area contributed by atoms with Gasteiger partial charge in [0.2, 0.25) is 5.91 Å². The predicted molar refractivity (Wildman–Crippen MR) is 340 cm³/mol. The van der Waals surface area contributed by atoms with Crippen molar-refractivity contribution < 1.29 is 15.0 Å². The molecule has 0 saturated carbocycles. The lowest BCUT2D eigenvalue weighted by atomic mass is 10.0. The number of nitrogens with one attached hydrogen (secondary N) is 1. The lowest BCUT2D eigenvalue weighted by molar-refractivity contribution is -0.123. The van der Waals surface area contributed by atoms with Crippen LogP contribution < -0.4 is 5.32 Å². The number of aliphatic hydroxyl groups excluding tert-OH is 2. The highest BCUT2D eigenvalue weighted by atomic mass is 16.3. The highest BCUT2D eigenvalue weighted by molar-refractivity contribution is 5.76. The van der Waals surface area contributed by atoms with Crippen LogP contribution in [-0.2, 0) is 4.79 Å². The summed E-state index contributed by atoms with van der Waals surface area (Å²) in [7, 11) is 0. The number of rotatable bonds is 61. The lowest BCUT2D eigenvalue weighted by Gasteiger charge is -2.22. The molecular formula is C72H129NO3. The molecular weight excluding hydrogens is 927 g/mol. The van der Waals surface area contributed by atoms with Gasteiger partial charge in [-0.25, -0.2) is 0 Å². The van der Waals surface area contributed by atoms with Gasteiger partial charge in [-0.1, -0.05) is 349 Å². The number of carbonyl (C=O) groups excluding carboxylic acids is 1. The van der Waals surface area contributed by atoms with E-state index in [9.17, 15) is 15.0 Å². The molecule has 2 atom stereocenters. The van der Waals surface area contributed by atoms with Crippen LogP contribution >= 0.6 is 0 Å². The summed E-state index contributed by atoms with van der Waals surface area (Å²) in [6.45, 7) is 4.27. The second-order valence-corrected chi connectivity index (χ2v) is 22.5. The van der Waals surface area contributed by atoms with Crippen molar-refractivity contribution in [1.82, 2.24) is 5.32 Å². The van der Waals surface area contributed by atoms with E-state index in [1.165, 1.54) is 231 Å². The van der Waals surface area contributed by atoms with E-state index in [-0.39, 0.29) is 12.5 Å². The Bertz CT molecular complexity index is 1380. The third-order valence-electron chi connectivity index (χ3n) is 15.1. The van der Waals surface area contributed by atoms with E-state index in [4.69, 9.17) is 0 Å². The Hall–Kier alpha value is -2.69. The number of hydrogen-bond donors (Lipinski definition) is 3. The molecule has 0 aromatic rings. The van der Waals surface area contributed by atoms with Crippen LogP contribution in [0.4, 0.5) is 0 Å². The van der Waals surface area contributed by atoms with Gasteiger partial charge in [0.15, 0.2) is 0 Å². The van der Waals surface area contributed by atoms with E-state index in [1.807, 2.05) is 0 Å². The van der Waals surface area contributed by atoms with E-state index in [0.717, 1.165) is 77.0 Å². The first kappa shape index (κ1) is 73.3. The second kappa shape index (κ2) is 66.6. The fraction of sp³-hybridized carbons (Fsp3) is 0.764. The fourth-order valence-corrected chi connectivity index (χ4v) is 10.1. The van der Waals surface area contributed by atoms with Gasteiger partial charge in [0, 0.05) is 6.42 Å². The first-order valence-corrected chi connectivity index (χ1v) is 33.4. The molecule has 0 fully saturated rings. The molecule has 2 unspecified atom stereocenters. The number of allylic oxidation sites excluding steroid dienone is 16. The summed E-state index contributed by atoms with van der Waals surface area (Å²) in [6, 6.07) is -0.543. The van der Waals surface area contributed by atoms with Crippen molar-refractivity contribution in [2.24, 2.45) is 0 Å². The number of aliphatic hydroxyl groups is 2. The SMILES string of the molecule is CC/C=C\C/C=C\C/C=C\C/C=C\C/C=C\C/C=C\C/C=C\C/C=C\CCCCCCCCCCCCCCCCC(=O)NC(CO)C(O)CCCCCCCCCCCCCCCCCCCCCCCCCCC. The minimum Gasteiger partial charge on any atom is -0.394 e. The maximum Gasteiger partial charge on any atom is 0.220 e. The van der Waals surface area contributed by atoms with Crippen LogP contribution in [0.5, 0.6) is 0 Å². The molecule has 1 amide bonds. The number of amides is 1. The molecule has 0 spiro atoms. The number of unbranched alkanes of at least 4 members (excludes halogenated alkanes) is 38. The summed E-state index contributed by atoms with van der Waals surface area (Å²) in [5.74, 6) is -0.0305. The van der Waals surface area contributed by atoms with Crippen molar-refractivity contribution in [3.63, 3.8) is 0 Å². The molecule has 0 bridgehead atoms. The maximum atomic E-state index is 12.6. The van der Waals surface area contributed by atoms with Gasteiger partial charge in [-0.15, -0.1) is 0 Å². The maximum absolute atomic E-state index is 12.6. The van der Waals surface area contributed by atoms with E-state index < -0.39 is 12.1 Å². The third-order valence-corrected chi connectivity index (χ3v) is 15.1. The van der Waals surface area contributed by atoms with Crippen LogP contribution in [0, 0.1) is 0 Å². The van der Waals surface area contributed by atoms with Gasteiger partial charge < -0.3 is 15.5 Å². The van der Waals surface area contributed by atoms with E-state index in [1.54, 1.807) is 0 Å². The zero-order chi connectivity index (χ0) is 54.8. The second-order valence-electron chi connectivity index (χ2n) is 22.5.